The first-order chi connectivity index (χ1) is 8.75. The predicted octanol–water partition coefficient (Wildman–Crippen LogP) is 2.75. The van der Waals surface area contributed by atoms with Crippen molar-refractivity contribution in [2.75, 3.05) is 0 Å². The fourth-order valence-corrected chi connectivity index (χ4v) is 2.29. The van der Waals surface area contributed by atoms with Gasteiger partial charge in [-0.1, -0.05) is 22.0 Å². The van der Waals surface area contributed by atoms with E-state index in [1.54, 1.807) is 6.20 Å². The molecule has 0 aliphatic rings. The summed E-state index contributed by atoms with van der Waals surface area (Å²) in [7, 11) is 0. The molecule has 0 atom stereocenters. The van der Waals surface area contributed by atoms with Crippen molar-refractivity contribution in [2.45, 2.75) is 0 Å². The Hall–Kier alpha value is -2.01. The van der Waals surface area contributed by atoms with Gasteiger partial charge in [-0.3, -0.25) is 9.78 Å². The summed E-state index contributed by atoms with van der Waals surface area (Å²) >= 11 is 3.49. The minimum Gasteiger partial charge on any atom is -0.306 e. The summed E-state index contributed by atoms with van der Waals surface area (Å²) in [6.45, 7) is 0. The van der Waals surface area contributed by atoms with E-state index in [4.69, 9.17) is 0 Å². The van der Waals surface area contributed by atoms with Crippen LogP contribution in [-0.2, 0) is 0 Å². The van der Waals surface area contributed by atoms with Crippen LogP contribution in [0.5, 0.6) is 0 Å². The van der Waals surface area contributed by atoms with Crippen molar-refractivity contribution in [3.63, 3.8) is 0 Å². The van der Waals surface area contributed by atoms with Crippen molar-refractivity contribution < 1.29 is 0 Å². The second kappa shape index (κ2) is 4.34. The van der Waals surface area contributed by atoms with Gasteiger partial charge in [0, 0.05) is 33.9 Å². The number of fused-ring (bicyclic) bond motifs is 1. The lowest BCUT2D eigenvalue weighted by molar-refractivity contribution is 1.13. The number of hydrogen-bond acceptors (Lipinski definition) is 3. The average molecular weight is 302 g/mol. The van der Waals surface area contributed by atoms with E-state index in [0.29, 0.717) is 5.82 Å². The Morgan fingerprint density at radius 1 is 1.06 bits per heavy atom. The number of halogens is 1. The van der Waals surface area contributed by atoms with Crippen molar-refractivity contribution in [1.82, 2.24) is 15.0 Å². The standard InChI is InChI=1S/C13H8BrN3O/c14-10-4-3-9(12-8(10)2-1-6-15-12)13-16-7-5-11(18)17-13/h1-7H,(H,16,17,18). The Bertz CT molecular complexity index is 782. The highest BCUT2D eigenvalue weighted by Crippen LogP contribution is 2.29. The first-order valence-electron chi connectivity index (χ1n) is 5.34. The van der Waals surface area contributed by atoms with Gasteiger partial charge in [-0.2, -0.15) is 0 Å². The number of benzene rings is 1. The van der Waals surface area contributed by atoms with E-state index in [1.165, 1.54) is 12.3 Å². The zero-order valence-electron chi connectivity index (χ0n) is 9.22. The maximum atomic E-state index is 11.3. The molecule has 3 aromatic rings. The number of nitrogens with zero attached hydrogens (tertiary/aromatic N) is 2. The highest BCUT2D eigenvalue weighted by atomic mass is 79.9. The molecule has 1 N–H and O–H groups in total. The molecule has 4 nitrogen and oxygen atoms in total. The number of rotatable bonds is 1. The quantitative estimate of drug-likeness (QED) is 0.752. The summed E-state index contributed by atoms with van der Waals surface area (Å²) in [6, 6.07) is 9.04. The van der Waals surface area contributed by atoms with E-state index in [2.05, 4.69) is 30.9 Å². The lowest BCUT2D eigenvalue weighted by atomic mass is 10.1. The largest absolute Gasteiger partial charge is 0.306 e. The Labute approximate surface area is 111 Å². The van der Waals surface area contributed by atoms with Gasteiger partial charge in [0.2, 0.25) is 0 Å². The summed E-state index contributed by atoms with van der Waals surface area (Å²) in [5, 5.41) is 0.988. The number of hydrogen-bond donors (Lipinski definition) is 1. The fourth-order valence-electron chi connectivity index (χ4n) is 1.84. The van der Waals surface area contributed by atoms with Crippen LogP contribution in [0.2, 0.25) is 0 Å². The van der Waals surface area contributed by atoms with Crippen LogP contribution in [0.1, 0.15) is 0 Å². The van der Waals surface area contributed by atoms with Crippen LogP contribution in [-0.4, -0.2) is 15.0 Å². The van der Waals surface area contributed by atoms with Gasteiger partial charge in [0.05, 0.1) is 5.52 Å². The third-order valence-corrected chi connectivity index (χ3v) is 3.33. The molecule has 0 spiro atoms. The number of aromatic nitrogens is 3. The van der Waals surface area contributed by atoms with Crippen LogP contribution in [0, 0.1) is 0 Å². The maximum absolute atomic E-state index is 11.3. The normalized spacial score (nSPS) is 10.7. The van der Waals surface area contributed by atoms with Crippen molar-refractivity contribution in [3.8, 4) is 11.4 Å². The molecule has 1 aromatic carbocycles. The van der Waals surface area contributed by atoms with E-state index in [1.807, 2.05) is 24.3 Å². The molecule has 0 bridgehead atoms. The van der Waals surface area contributed by atoms with E-state index < -0.39 is 0 Å². The van der Waals surface area contributed by atoms with Crippen LogP contribution < -0.4 is 5.56 Å². The van der Waals surface area contributed by atoms with Gasteiger partial charge < -0.3 is 4.98 Å². The molecule has 0 fully saturated rings. The molecule has 2 aromatic heterocycles. The third kappa shape index (κ3) is 1.82. The van der Waals surface area contributed by atoms with Gasteiger partial charge in [0.1, 0.15) is 5.82 Å². The SMILES string of the molecule is O=c1ccnc(-c2ccc(Br)c3cccnc23)[nH]1. The maximum Gasteiger partial charge on any atom is 0.251 e. The van der Waals surface area contributed by atoms with Crippen molar-refractivity contribution in [1.29, 1.82) is 0 Å². The van der Waals surface area contributed by atoms with Crippen molar-refractivity contribution in [3.05, 3.63) is 57.6 Å². The first kappa shape index (κ1) is 11.1. The Balaban J connectivity index is 2.37. The Morgan fingerprint density at radius 2 is 1.94 bits per heavy atom. The summed E-state index contributed by atoms with van der Waals surface area (Å²) in [4.78, 5) is 22.6. The van der Waals surface area contributed by atoms with Crippen LogP contribution >= 0.6 is 15.9 Å². The van der Waals surface area contributed by atoms with Crippen LogP contribution in [0.15, 0.2) is 52.0 Å². The van der Waals surface area contributed by atoms with Crippen LogP contribution in [0.4, 0.5) is 0 Å². The minimum atomic E-state index is -0.174. The molecule has 0 radical (unpaired) electrons. The van der Waals surface area contributed by atoms with Crippen molar-refractivity contribution in [2.24, 2.45) is 0 Å². The number of nitrogens with one attached hydrogen (secondary N) is 1. The van der Waals surface area contributed by atoms with Crippen molar-refractivity contribution >= 4 is 26.8 Å². The highest BCUT2D eigenvalue weighted by molar-refractivity contribution is 9.10. The van der Waals surface area contributed by atoms with E-state index >= 15 is 0 Å². The smallest absolute Gasteiger partial charge is 0.251 e. The molecule has 3 rings (SSSR count). The molecular weight excluding hydrogens is 294 g/mol. The minimum absolute atomic E-state index is 0.174. The van der Waals surface area contributed by atoms with Gasteiger partial charge in [-0.05, 0) is 18.2 Å². The average Bonchev–Trinajstić information content (AvgIpc) is 2.39. The summed E-state index contributed by atoms with van der Waals surface area (Å²) in [6.07, 6.45) is 3.21. The van der Waals surface area contributed by atoms with Gasteiger partial charge in [-0.25, -0.2) is 4.98 Å². The summed E-state index contributed by atoms with van der Waals surface area (Å²) in [5.41, 5.74) is 1.44. The zero-order valence-corrected chi connectivity index (χ0v) is 10.8. The Kier molecular flexibility index (Phi) is 2.68. The molecule has 0 amide bonds. The zero-order chi connectivity index (χ0) is 12.5. The summed E-state index contributed by atoms with van der Waals surface area (Å²) in [5.74, 6) is 0.527. The molecule has 0 unspecified atom stereocenters. The number of H-pyrrole nitrogens is 1. The Morgan fingerprint density at radius 3 is 2.78 bits per heavy atom. The van der Waals surface area contributed by atoms with Gasteiger partial charge in [0.25, 0.3) is 5.56 Å². The molecule has 0 aliphatic carbocycles. The molecule has 0 saturated heterocycles. The van der Waals surface area contributed by atoms with Crippen LogP contribution in [0.3, 0.4) is 0 Å². The highest BCUT2D eigenvalue weighted by Gasteiger charge is 2.08. The van der Waals surface area contributed by atoms with E-state index in [-0.39, 0.29) is 5.56 Å². The van der Waals surface area contributed by atoms with Gasteiger partial charge in [0.15, 0.2) is 0 Å². The van der Waals surface area contributed by atoms with E-state index in [0.717, 1.165) is 20.9 Å². The second-order valence-corrected chi connectivity index (χ2v) is 4.63. The monoisotopic (exact) mass is 301 g/mol. The molecule has 88 valence electrons. The molecule has 5 heteroatoms. The number of aromatic amines is 1. The molecule has 2 heterocycles. The molecule has 0 aliphatic heterocycles. The topological polar surface area (TPSA) is 58.6 Å². The molecule has 0 saturated carbocycles. The summed E-state index contributed by atoms with van der Waals surface area (Å²) < 4.78 is 0.965. The van der Waals surface area contributed by atoms with Gasteiger partial charge in [-0.15, -0.1) is 0 Å². The molecular formula is C13H8BrN3O. The second-order valence-electron chi connectivity index (χ2n) is 3.78. The van der Waals surface area contributed by atoms with E-state index in [9.17, 15) is 4.79 Å². The molecule has 18 heavy (non-hydrogen) atoms. The van der Waals surface area contributed by atoms with Crippen LogP contribution in [0.25, 0.3) is 22.3 Å². The lowest BCUT2D eigenvalue weighted by Crippen LogP contribution is -2.06. The number of pyridine rings is 1. The first-order valence-corrected chi connectivity index (χ1v) is 6.14. The third-order valence-electron chi connectivity index (χ3n) is 2.64. The predicted molar refractivity (Wildman–Crippen MR) is 73.3 cm³/mol. The fraction of sp³-hybridized carbons (Fsp3) is 0. The lowest BCUT2D eigenvalue weighted by Gasteiger charge is -2.06. The van der Waals surface area contributed by atoms with Gasteiger partial charge >= 0.3 is 0 Å².